The Morgan fingerprint density at radius 3 is 2.40 bits per heavy atom. The van der Waals surface area contributed by atoms with Gasteiger partial charge in [-0.2, -0.15) is 0 Å². The number of hydrogen-bond acceptors (Lipinski definition) is 3. The average molecular weight is 265 g/mol. The van der Waals surface area contributed by atoms with Crippen molar-refractivity contribution in [2.24, 2.45) is 4.99 Å². The highest BCUT2D eigenvalue weighted by Crippen LogP contribution is 2.19. The highest BCUT2D eigenvalue weighted by atomic mass is 16.5. The molecule has 0 aromatic heterocycles. The summed E-state index contributed by atoms with van der Waals surface area (Å²) in [5.74, 6) is -0.281. The van der Waals surface area contributed by atoms with E-state index in [-0.39, 0.29) is 12.1 Å². The Morgan fingerprint density at radius 1 is 1.00 bits per heavy atom. The van der Waals surface area contributed by atoms with Crippen LogP contribution in [0.15, 0.2) is 59.6 Å². The normalized spacial score (nSPS) is 18.4. The summed E-state index contributed by atoms with van der Waals surface area (Å²) < 4.78 is 5.36. The Bertz CT molecular complexity index is 662. The smallest absolute Gasteiger partial charge is 0.339 e. The maximum atomic E-state index is 12.2. The lowest BCUT2D eigenvalue weighted by Crippen LogP contribution is -2.24. The SMILES string of the molecule is CC1CN=C(c2ccccc2)c2ccccc2C(=O)O1. The van der Waals surface area contributed by atoms with E-state index in [1.165, 1.54) is 0 Å². The molecule has 0 N–H and O–H groups in total. The summed E-state index contributed by atoms with van der Waals surface area (Å²) in [6.07, 6.45) is -0.213. The summed E-state index contributed by atoms with van der Waals surface area (Å²) in [5.41, 5.74) is 3.27. The highest BCUT2D eigenvalue weighted by Gasteiger charge is 2.21. The molecule has 3 nitrogen and oxygen atoms in total. The zero-order valence-electron chi connectivity index (χ0n) is 11.2. The molecule has 1 aliphatic rings. The van der Waals surface area contributed by atoms with Gasteiger partial charge < -0.3 is 4.74 Å². The molecule has 1 heterocycles. The van der Waals surface area contributed by atoms with Crippen LogP contribution < -0.4 is 0 Å². The molecule has 100 valence electrons. The number of carbonyl (C=O) groups excluding carboxylic acids is 1. The van der Waals surface area contributed by atoms with Crippen molar-refractivity contribution < 1.29 is 9.53 Å². The summed E-state index contributed by atoms with van der Waals surface area (Å²) in [4.78, 5) is 16.8. The van der Waals surface area contributed by atoms with Gasteiger partial charge in [0.2, 0.25) is 0 Å². The van der Waals surface area contributed by atoms with E-state index in [4.69, 9.17) is 4.74 Å². The number of esters is 1. The summed E-state index contributed by atoms with van der Waals surface area (Å²) in [6, 6.07) is 17.4. The monoisotopic (exact) mass is 265 g/mol. The van der Waals surface area contributed by atoms with E-state index in [9.17, 15) is 4.79 Å². The van der Waals surface area contributed by atoms with Crippen LogP contribution in [0, 0.1) is 0 Å². The molecular weight excluding hydrogens is 250 g/mol. The average Bonchev–Trinajstić information content (AvgIpc) is 2.47. The largest absolute Gasteiger partial charge is 0.457 e. The number of aliphatic imine (C=N–C) groups is 1. The molecule has 2 aromatic carbocycles. The van der Waals surface area contributed by atoms with E-state index in [1.807, 2.05) is 55.5 Å². The zero-order valence-corrected chi connectivity index (χ0v) is 11.2. The van der Waals surface area contributed by atoms with Gasteiger partial charge in [-0.15, -0.1) is 0 Å². The molecule has 1 atom stereocenters. The van der Waals surface area contributed by atoms with Gasteiger partial charge in [0.05, 0.1) is 17.8 Å². The van der Waals surface area contributed by atoms with Crippen molar-refractivity contribution in [1.29, 1.82) is 0 Å². The lowest BCUT2D eigenvalue weighted by Gasteiger charge is -2.19. The van der Waals surface area contributed by atoms with Crippen LogP contribution in [0.2, 0.25) is 0 Å². The second-order valence-corrected chi connectivity index (χ2v) is 4.82. The third-order valence-corrected chi connectivity index (χ3v) is 3.26. The molecule has 0 saturated heterocycles. The molecule has 3 rings (SSSR count). The maximum absolute atomic E-state index is 12.2. The predicted octanol–water partition coefficient (Wildman–Crippen LogP) is 3.08. The summed E-state index contributed by atoms with van der Waals surface area (Å²) in [5, 5.41) is 0. The van der Waals surface area contributed by atoms with Crippen molar-refractivity contribution in [2.75, 3.05) is 6.54 Å². The Hall–Kier alpha value is -2.42. The van der Waals surface area contributed by atoms with Gasteiger partial charge in [0.1, 0.15) is 6.10 Å². The van der Waals surface area contributed by atoms with Crippen molar-refractivity contribution in [3.8, 4) is 0 Å². The number of benzene rings is 2. The van der Waals surface area contributed by atoms with Gasteiger partial charge >= 0.3 is 5.97 Å². The number of hydrogen-bond donors (Lipinski definition) is 0. The third-order valence-electron chi connectivity index (χ3n) is 3.26. The molecule has 0 radical (unpaired) electrons. The number of carbonyl (C=O) groups is 1. The van der Waals surface area contributed by atoms with Gasteiger partial charge in [-0.1, -0.05) is 48.5 Å². The molecule has 0 bridgehead atoms. The lowest BCUT2D eigenvalue weighted by molar-refractivity contribution is 0.0357. The molecule has 3 heteroatoms. The lowest BCUT2D eigenvalue weighted by atomic mass is 9.97. The second-order valence-electron chi connectivity index (χ2n) is 4.82. The zero-order chi connectivity index (χ0) is 13.9. The van der Waals surface area contributed by atoms with Crippen LogP contribution in [0.4, 0.5) is 0 Å². The first kappa shape index (κ1) is 12.6. The number of cyclic esters (lactones) is 1. The van der Waals surface area contributed by atoms with E-state index >= 15 is 0 Å². The highest BCUT2D eigenvalue weighted by molar-refractivity contribution is 6.17. The van der Waals surface area contributed by atoms with E-state index in [0.29, 0.717) is 12.1 Å². The van der Waals surface area contributed by atoms with Gasteiger partial charge in [0.15, 0.2) is 0 Å². The Kier molecular flexibility index (Phi) is 3.33. The number of fused-ring (bicyclic) bond motifs is 1. The molecule has 0 spiro atoms. The van der Waals surface area contributed by atoms with E-state index in [0.717, 1.165) is 16.8 Å². The first-order valence-corrected chi connectivity index (χ1v) is 6.66. The molecule has 0 fully saturated rings. The second kappa shape index (κ2) is 5.29. The van der Waals surface area contributed by atoms with Crippen LogP contribution in [0.5, 0.6) is 0 Å². The van der Waals surface area contributed by atoms with E-state index in [1.54, 1.807) is 6.07 Å². The first-order valence-electron chi connectivity index (χ1n) is 6.66. The fourth-order valence-electron chi connectivity index (χ4n) is 2.30. The maximum Gasteiger partial charge on any atom is 0.339 e. The van der Waals surface area contributed by atoms with E-state index in [2.05, 4.69) is 4.99 Å². The molecule has 1 aliphatic heterocycles. The Balaban J connectivity index is 2.18. The minimum absolute atomic E-state index is 0.213. The van der Waals surface area contributed by atoms with Crippen molar-refractivity contribution in [3.63, 3.8) is 0 Å². The van der Waals surface area contributed by atoms with Crippen LogP contribution in [-0.4, -0.2) is 24.3 Å². The van der Waals surface area contributed by atoms with Crippen molar-refractivity contribution >= 4 is 11.7 Å². The number of nitrogens with zero attached hydrogens (tertiary/aromatic N) is 1. The third kappa shape index (κ3) is 2.35. The molecule has 2 aromatic rings. The molecule has 0 amide bonds. The molecule has 20 heavy (non-hydrogen) atoms. The summed E-state index contributed by atoms with van der Waals surface area (Å²) in [7, 11) is 0. The Labute approximate surface area is 117 Å². The van der Waals surface area contributed by atoms with Crippen LogP contribution in [0.3, 0.4) is 0 Å². The fourth-order valence-corrected chi connectivity index (χ4v) is 2.30. The topological polar surface area (TPSA) is 38.7 Å². The van der Waals surface area contributed by atoms with Gasteiger partial charge in [-0.05, 0) is 13.0 Å². The van der Waals surface area contributed by atoms with Crippen molar-refractivity contribution in [2.45, 2.75) is 13.0 Å². The van der Waals surface area contributed by atoms with Crippen LogP contribution in [0.25, 0.3) is 0 Å². The van der Waals surface area contributed by atoms with Crippen LogP contribution in [0.1, 0.15) is 28.4 Å². The summed E-state index contributed by atoms with van der Waals surface area (Å²) >= 11 is 0. The van der Waals surface area contributed by atoms with Gasteiger partial charge in [-0.25, -0.2) is 4.79 Å². The van der Waals surface area contributed by atoms with Gasteiger partial charge in [-0.3, -0.25) is 4.99 Å². The minimum atomic E-state index is -0.281. The Morgan fingerprint density at radius 2 is 1.65 bits per heavy atom. The summed E-state index contributed by atoms with van der Waals surface area (Å²) in [6.45, 7) is 2.34. The predicted molar refractivity (Wildman–Crippen MR) is 78.3 cm³/mol. The van der Waals surface area contributed by atoms with Crippen LogP contribution in [-0.2, 0) is 4.74 Å². The minimum Gasteiger partial charge on any atom is -0.457 e. The molecule has 0 aliphatic carbocycles. The van der Waals surface area contributed by atoms with Gasteiger partial charge in [0.25, 0.3) is 0 Å². The first-order chi connectivity index (χ1) is 9.75. The van der Waals surface area contributed by atoms with E-state index < -0.39 is 0 Å². The van der Waals surface area contributed by atoms with Crippen LogP contribution >= 0.6 is 0 Å². The van der Waals surface area contributed by atoms with Gasteiger partial charge in [0, 0.05) is 11.1 Å². The molecular formula is C17H15NO2. The number of rotatable bonds is 1. The molecule has 1 unspecified atom stereocenters. The molecule has 0 saturated carbocycles. The number of ether oxygens (including phenoxy) is 1. The quantitative estimate of drug-likeness (QED) is 0.743. The van der Waals surface area contributed by atoms with Crippen molar-refractivity contribution in [1.82, 2.24) is 0 Å². The standard InChI is InChI=1S/C17H15NO2/c1-12-11-18-16(13-7-3-2-4-8-13)14-9-5-6-10-15(14)17(19)20-12/h2-10,12H,11H2,1H3. The fraction of sp³-hybridized carbons (Fsp3) is 0.176. The van der Waals surface area contributed by atoms with Crippen molar-refractivity contribution in [3.05, 3.63) is 71.3 Å².